The molecule has 0 aliphatic heterocycles. The molecule has 7 heteroatoms. The Bertz CT molecular complexity index is 872. The summed E-state index contributed by atoms with van der Waals surface area (Å²) in [6.07, 6.45) is 0. The number of benzene rings is 1. The van der Waals surface area contributed by atoms with Gasteiger partial charge in [-0.15, -0.1) is 10.2 Å². The summed E-state index contributed by atoms with van der Waals surface area (Å²) >= 11 is 0. The fraction of sp³-hybridized carbons (Fsp3) is 0.312. The Morgan fingerprint density at radius 2 is 2.04 bits per heavy atom. The molecule has 1 aromatic carbocycles. The summed E-state index contributed by atoms with van der Waals surface area (Å²) in [5.74, 6) is 0.281. The van der Waals surface area contributed by atoms with E-state index in [-0.39, 0.29) is 11.9 Å². The maximum Gasteiger partial charge on any atom is 0.252 e. The van der Waals surface area contributed by atoms with Crippen molar-refractivity contribution in [2.45, 2.75) is 33.7 Å². The largest absolute Gasteiger partial charge is 0.342 e. The summed E-state index contributed by atoms with van der Waals surface area (Å²) in [6, 6.07) is 5.58. The Labute approximate surface area is 133 Å². The van der Waals surface area contributed by atoms with E-state index in [1.807, 2.05) is 45.9 Å². The molecule has 2 aromatic heterocycles. The van der Waals surface area contributed by atoms with E-state index in [0.717, 1.165) is 27.7 Å². The third-order valence-electron chi connectivity index (χ3n) is 3.95. The number of H-pyrrole nitrogens is 1. The van der Waals surface area contributed by atoms with E-state index in [1.165, 1.54) is 0 Å². The molecule has 0 bridgehead atoms. The third-order valence-corrected chi connectivity index (χ3v) is 3.95. The number of nitrogens with one attached hydrogen (secondary N) is 2. The molecule has 3 aromatic rings. The van der Waals surface area contributed by atoms with Gasteiger partial charge in [-0.1, -0.05) is 16.8 Å². The summed E-state index contributed by atoms with van der Waals surface area (Å²) in [5, 5.41) is 17.5. The van der Waals surface area contributed by atoms with Crippen molar-refractivity contribution in [2.24, 2.45) is 0 Å². The van der Waals surface area contributed by atoms with Crippen LogP contribution in [0, 0.1) is 20.8 Å². The van der Waals surface area contributed by atoms with Crippen LogP contribution in [-0.2, 0) is 0 Å². The number of nitrogens with zero attached hydrogens (tertiary/aromatic N) is 4. The predicted octanol–water partition coefficient (Wildman–Crippen LogP) is 2.16. The molecule has 0 radical (unpaired) electrons. The van der Waals surface area contributed by atoms with Gasteiger partial charge in [0.2, 0.25) is 0 Å². The normalized spacial score (nSPS) is 12.3. The molecule has 0 saturated carbocycles. The molecular formula is C16H18N6O. The monoisotopic (exact) mass is 310 g/mol. The number of aryl methyl sites for hydroxylation is 2. The van der Waals surface area contributed by atoms with Gasteiger partial charge in [-0.3, -0.25) is 9.78 Å². The molecule has 1 atom stereocenters. The van der Waals surface area contributed by atoms with E-state index < -0.39 is 0 Å². The van der Waals surface area contributed by atoms with E-state index in [1.54, 1.807) is 0 Å². The summed E-state index contributed by atoms with van der Waals surface area (Å²) < 4.78 is 0. The number of carbonyl (C=O) groups excluding carboxylic acids is 1. The average molecular weight is 310 g/mol. The zero-order chi connectivity index (χ0) is 16.6. The van der Waals surface area contributed by atoms with Gasteiger partial charge in [0.25, 0.3) is 5.91 Å². The highest BCUT2D eigenvalue weighted by atomic mass is 16.1. The lowest BCUT2D eigenvalue weighted by Gasteiger charge is -2.15. The second-order valence-corrected chi connectivity index (χ2v) is 5.68. The molecule has 3 rings (SSSR count). The fourth-order valence-electron chi connectivity index (χ4n) is 2.57. The van der Waals surface area contributed by atoms with Gasteiger partial charge < -0.3 is 5.32 Å². The standard InChI is InChI=1S/C16H18N6O/c1-8-5-6-13-12(7-8)14(9(2)10(3)17-13)16(23)18-11(4)15-19-21-22-20-15/h5-7,11H,1-4H3,(H,18,23)(H,19,20,21,22)/t11-/m1/s1. The molecule has 23 heavy (non-hydrogen) atoms. The maximum absolute atomic E-state index is 12.8. The van der Waals surface area contributed by atoms with Crippen LogP contribution in [0.2, 0.25) is 0 Å². The van der Waals surface area contributed by atoms with Crippen LogP contribution >= 0.6 is 0 Å². The number of carbonyl (C=O) groups is 1. The van der Waals surface area contributed by atoms with Crippen molar-refractivity contribution >= 4 is 16.8 Å². The van der Waals surface area contributed by atoms with Crippen LogP contribution in [0.3, 0.4) is 0 Å². The van der Waals surface area contributed by atoms with Crippen molar-refractivity contribution in [3.8, 4) is 0 Å². The highest BCUT2D eigenvalue weighted by Gasteiger charge is 2.20. The van der Waals surface area contributed by atoms with E-state index in [2.05, 4.69) is 30.9 Å². The zero-order valence-electron chi connectivity index (χ0n) is 13.5. The third kappa shape index (κ3) is 2.77. The first-order chi connectivity index (χ1) is 11.0. The van der Waals surface area contributed by atoms with Crippen molar-refractivity contribution in [3.63, 3.8) is 0 Å². The van der Waals surface area contributed by atoms with Gasteiger partial charge in [0, 0.05) is 11.1 Å². The Morgan fingerprint density at radius 1 is 1.26 bits per heavy atom. The molecule has 0 saturated heterocycles. The molecule has 0 unspecified atom stereocenters. The first-order valence-corrected chi connectivity index (χ1v) is 7.39. The molecule has 2 N–H and O–H groups in total. The van der Waals surface area contributed by atoms with Crippen molar-refractivity contribution in [3.05, 3.63) is 46.4 Å². The molecule has 2 heterocycles. The lowest BCUT2D eigenvalue weighted by molar-refractivity contribution is 0.0939. The first kappa shape index (κ1) is 15.1. The molecule has 0 aliphatic carbocycles. The van der Waals surface area contributed by atoms with Crippen LogP contribution in [0.25, 0.3) is 10.9 Å². The highest BCUT2D eigenvalue weighted by molar-refractivity contribution is 6.07. The van der Waals surface area contributed by atoms with Crippen molar-refractivity contribution in [1.82, 2.24) is 30.9 Å². The van der Waals surface area contributed by atoms with Gasteiger partial charge >= 0.3 is 0 Å². The molecular weight excluding hydrogens is 292 g/mol. The highest BCUT2D eigenvalue weighted by Crippen LogP contribution is 2.24. The second kappa shape index (κ2) is 5.75. The quantitative estimate of drug-likeness (QED) is 0.772. The Morgan fingerprint density at radius 3 is 2.74 bits per heavy atom. The van der Waals surface area contributed by atoms with Gasteiger partial charge in [0.1, 0.15) is 0 Å². The van der Waals surface area contributed by atoms with Crippen LogP contribution in [0.4, 0.5) is 0 Å². The van der Waals surface area contributed by atoms with Crippen LogP contribution in [-0.4, -0.2) is 31.5 Å². The lowest BCUT2D eigenvalue weighted by Crippen LogP contribution is -2.28. The molecule has 7 nitrogen and oxygen atoms in total. The fourth-order valence-corrected chi connectivity index (χ4v) is 2.57. The number of hydrogen-bond donors (Lipinski definition) is 2. The minimum absolute atomic E-state index is 0.166. The number of pyridine rings is 1. The number of aromatic nitrogens is 5. The van der Waals surface area contributed by atoms with Gasteiger partial charge in [0.05, 0.1) is 17.1 Å². The first-order valence-electron chi connectivity index (χ1n) is 7.39. The van der Waals surface area contributed by atoms with E-state index in [4.69, 9.17) is 0 Å². The van der Waals surface area contributed by atoms with Gasteiger partial charge in [-0.05, 0) is 45.4 Å². The van der Waals surface area contributed by atoms with Crippen molar-refractivity contribution in [2.75, 3.05) is 0 Å². The maximum atomic E-state index is 12.8. The summed E-state index contributed by atoms with van der Waals surface area (Å²) in [7, 11) is 0. The van der Waals surface area contributed by atoms with Crippen molar-refractivity contribution < 1.29 is 4.79 Å². The summed E-state index contributed by atoms with van der Waals surface area (Å²) in [5.41, 5.74) is 4.27. The summed E-state index contributed by atoms with van der Waals surface area (Å²) in [6.45, 7) is 7.64. The SMILES string of the molecule is Cc1ccc2nc(C)c(C)c(C(=O)N[C@H](C)c3nn[nH]n3)c2c1. The summed E-state index contributed by atoms with van der Waals surface area (Å²) in [4.78, 5) is 17.4. The van der Waals surface area contributed by atoms with E-state index in [9.17, 15) is 4.79 Å². The van der Waals surface area contributed by atoms with Crippen LogP contribution in [0.1, 0.15) is 46.0 Å². The van der Waals surface area contributed by atoms with E-state index >= 15 is 0 Å². The molecule has 0 aliphatic rings. The van der Waals surface area contributed by atoms with E-state index in [0.29, 0.717) is 11.4 Å². The van der Waals surface area contributed by atoms with Crippen molar-refractivity contribution in [1.29, 1.82) is 0 Å². The van der Waals surface area contributed by atoms with Gasteiger partial charge in [-0.25, -0.2) is 0 Å². The second-order valence-electron chi connectivity index (χ2n) is 5.68. The van der Waals surface area contributed by atoms with Crippen LogP contribution in [0.15, 0.2) is 18.2 Å². The number of fused-ring (bicyclic) bond motifs is 1. The Kier molecular flexibility index (Phi) is 3.77. The predicted molar refractivity (Wildman–Crippen MR) is 86.0 cm³/mol. The number of hydrogen-bond acceptors (Lipinski definition) is 5. The lowest BCUT2D eigenvalue weighted by atomic mass is 9.99. The number of amides is 1. The molecule has 118 valence electrons. The average Bonchev–Trinajstić information content (AvgIpc) is 3.03. The minimum atomic E-state index is -0.339. The molecule has 0 spiro atoms. The van der Waals surface area contributed by atoms with Crippen LogP contribution in [0.5, 0.6) is 0 Å². The molecule has 0 fully saturated rings. The number of tetrazole rings is 1. The topological polar surface area (TPSA) is 96.5 Å². The Balaban J connectivity index is 2.05. The number of aromatic amines is 1. The smallest absolute Gasteiger partial charge is 0.252 e. The van der Waals surface area contributed by atoms with Gasteiger partial charge in [0.15, 0.2) is 5.82 Å². The zero-order valence-corrected chi connectivity index (χ0v) is 13.5. The van der Waals surface area contributed by atoms with Gasteiger partial charge in [-0.2, -0.15) is 5.21 Å². The number of rotatable bonds is 3. The van der Waals surface area contributed by atoms with Crippen LogP contribution < -0.4 is 5.32 Å². The Hall–Kier alpha value is -2.83. The molecule has 1 amide bonds. The minimum Gasteiger partial charge on any atom is -0.342 e.